The minimum atomic E-state index is 0.354. The lowest BCUT2D eigenvalue weighted by atomic mass is 10.2. The molecule has 0 spiro atoms. The molecular formula is C12H12IN3O. The first-order valence-electron chi connectivity index (χ1n) is 5.22. The van der Waals surface area contributed by atoms with Gasteiger partial charge in [-0.15, -0.1) is 0 Å². The van der Waals surface area contributed by atoms with Gasteiger partial charge in [0.25, 0.3) is 0 Å². The first-order chi connectivity index (χ1) is 8.28. The van der Waals surface area contributed by atoms with Crippen molar-refractivity contribution >= 4 is 22.6 Å². The van der Waals surface area contributed by atoms with Gasteiger partial charge in [0.2, 0.25) is 0 Å². The first-order valence-corrected chi connectivity index (χ1v) is 6.30. The van der Waals surface area contributed by atoms with Crippen molar-refractivity contribution in [1.82, 2.24) is 9.97 Å². The average Bonchev–Trinajstić information content (AvgIpc) is 2.32. The molecule has 4 nitrogen and oxygen atoms in total. The van der Waals surface area contributed by atoms with E-state index >= 15 is 0 Å². The van der Waals surface area contributed by atoms with Gasteiger partial charge in [-0.3, -0.25) is 0 Å². The Morgan fingerprint density at radius 2 is 2.00 bits per heavy atom. The molecule has 0 fully saturated rings. The molecule has 2 rings (SSSR count). The zero-order chi connectivity index (χ0) is 12.1. The van der Waals surface area contributed by atoms with E-state index in [1.165, 1.54) is 0 Å². The van der Waals surface area contributed by atoms with Crippen LogP contribution in [0.5, 0.6) is 11.8 Å². The van der Waals surface area contributed by atoms with Crippen LogP contribution in [-0.4, -0.2) is 16.5 Å². The normalized spacial score (nSPS) is 10.2. The van der Waals surface area contributed by atoms with Gasteiger partial charge in [-0.05, 0) is 59.3 Å². The highest BCUT2D eigenvalue weighted by Crippen LogP contribution is 2.19. The fraction of sp³-hybridized carbons (Fsp3) is 0.167. The summed E-state index contributed by atoms with van der Waals surface area (Å²) >= 11 is 2.23. The van der Waals surface area contributed by atoms with Crippen molar-refractivity contribution in [1.29, 1.82) is 0 Å². The molecule has 2 N–H and O–H groups in total. The summed E-state index contributed by atoms with van der Waals surface area (Å²) in [6.45, 7) is 0.598. The number of nitrogens with zero attached hydrogens (tertiary/aromatic N) is 2. The number of ether oxygens (including phenoxy) is 1. The van der Waals surface area contributed by atoms with Crippen molar-refractivity contribution < 1.29 is 4.74 Å². The monoisotopic (exact) mass is 341 g/mol. The molecule has 0 bridgehead atoms. The van der Waals surface area contributed by atoms with Crippen LogP contribution in [0.25, 0.3) is 0 Å². The van der Waals surface area contributed by atoms with Crippen LogP contribution < -0.4 is 10.5 Å². The molecule has 0 saturated heterocycles. The van der Waals surface area contributed by atoms with Crippen molar-refractivity contribution in [3.8, 4) is 11.8 Å². The van der Waals surface area contributed by atoms with Gasteiger partial charge >= 0.3 is 6.01 Å². The third-order valence-electron chi connectivity index (χ3n) is 2.12. The van der Waals surface area contributed by atoms with E-state index in [1.807, 2.05) is 24.3 Å². The molecule has 0 unspecified atom stereocenters. The lowest BCUT2D eigenvalue weighted by Gasteiger charge is -2.04. The van der Waals surface area contributed by atoms with Gasteiger partial charge in [0.15, 0.2) is 0 Å². The van der Waals surface area contributed by atoms with Crippen LogP contribution in [-0.2, 0) is 6.42 Å². The molecule has 2 aromatic rings. The highest BCUT2D eigenvalue weighted by Gasteiger charge is 2.01. The molecular weight excluding hydrogens is 329 g/mol. The van der Waals surface area contributed by atoms with Crippen molar-refractivity contribution in [2.45, 2.75) is 6.42 Å². The fourth-order valence-corrected chi connectivity index (χ4v) is 1.84. The van der Waals surface area contributed by atoms with E-state index in [2.05, 4.69) is 32.6 Å². The molecule has 5 heteroatoms. The van der Waals surface area contributed by atoms with Gasteiger partial charge in [0.05, 0.1) is 0 Å². The Morgan fingerprint density at radius 1 is 1.24 bits per heavy atom. The van der Waals surface area contributed by atoms with Crippen LogP contribution in [0.4, 0.5) is 0 Å². The predicted octanol–water partition coefficient (Wildman–Crippen LogP) is 2.37. The molecule has 0 aliphatic carbocycles. The van der Waals surface area contributed by atoms with Gasteiger partial charge in [0.1, 0.15) is 5.75 Å². The number of hydrogen-bond donors (Lipinski definition) is 1. The Bertz CT molecular complexity index is 487. The highest BCUT2D eigenvalue weighted by atomic mass is 127. The Hall–Kier alpha value is -1.21. The second-order valence-electron chi connectivity index (χ2n) is 3.47. The van der Waals surface area contributed by atoms with Crippen LogP contribution in [0.3, 0.4) is 0 Å². The standard InChI is InChI=1S/C12H12IN3O/c13-10-2-1-3-11(6-10)17-12-15-7-9(4-5-14)8-16-12/h1-3,6-8H,4-5,14H2. The summed E-state index contributed by atoms with van der Waals surface area (Å²) in [5.41, 5.74) is 6.47. The van der Waals surface area contributed by atoms with Crippen LogP contribution in [0.1, 0.15) is 5.56 Å². The molecule has 0 aliphatic rings. The van der Waals surface area contributed by atoms with Crippen LogP contribution >= 0.6 is 22.6 Å². The zero-order valence-corrected chi connectivity index (χ0v) is 11.3. The zero-order valence-electron chi connectivity index (χ0n) is 9.14. The summed E-state index contributed by atoms with van der Waals surface area (Å²) in [5, 5.41) is 0. The van der Waals surface area contributed by atoms with Crippen molar-refractivity contribution in [2.24, 2.45) is 5.73 Å². The number of rotatable bonds is 4. The van der Waals surface area contributed by atoms with Gasteiger partial charge in [-0.2, -0.15) is 0 Å². The third-order valence-corrected chi connectivity index (χ3v) is 2.79. The van der Waals surface area contributed by atoms with Crippen molar-refractivity contribution in [3.63, 3.8) is 0 Å². The summed E-state index contributed by atoms with van der Waals surface area (Å²) in [4.78, 5) is 8.26. The molecule has 17 heavy (non-hydrogen) atoms. The second kappa shape index (κ2) is 5.92. The van der Waals surface area contributed by atoms with Crippen LogP contribution in [0.15, 0.2) is 36.7 Å². The molecule has 0 amide bonds. The number of halogens is 1. The summed E-state index contributed by atoms with van der Waals surface area (Å²) in [5.74, 6) is 0.739. The highest BCUT2D eigenvalue weighted by molar-refractivity contribution is 14.1. The molecule has 1 aromatic carbocycles. The topological polar surface area (TPSA) is 61.0 Å². The van der Waals surface area contributed by atoms with Crippen LogP contribution in [0.2, 0.25) is 0 Å². The van der Waals surface area contributed by atoms with Gasteiger partial charge in [-0.1, -0.05) is 6.07 Å². The Balaban J connectivity index is 2.08. The van der Waals surface area contributed by atoms with Crippen LogP contribution in [0, 0.1) is 3.57 Å². The Labute approximate surface area is 113 Å². The number of benzene rings is 1. The average molecular weight is 341 g/mol. The van der Waals surface area contributed by atoms with E-state index in [0.29, 0.717) is 12.6 Å². The molecule has 0 saturated carbocycles. The maximum Gasteiger partial charge on any atom is 0.321 e. The SMILES string of the molecule is NCCc1cnc(Oc2cccc(I)c2)nc1. The van der Waals surface area contributed by atoms with E-state index in [1.54, 1.807) is 12.4 Å². The summed E-state index contributed by atoms with van der Waals surface area (Å²) in [6.07, 6.45) is 4.26. The molecule has 1 aromatic heterocycles. The van der Waals surface area contributed by atoms with Crippen molar-refractivity contribution in [3.05, 3.63) is 45.8 Å². The Morgan fingerprint density at radius 3 is 2.65 bits per heavy atom. The van der Waals surface area contributed by atoms with E-state index in [0.717, 1.165) is 21.3 Å². The van der Waals surface area contributed by atoms with E-state index in [9.17, 15) is 0 Å². The van der Waals surface area contributed by atoms with Crippen molar-refractivity contribution in [2.75, 3.05) is 6.54 Å². The van der Waals surface area contributed by atoms with E-state index in [4.69, 9.17) is 10.5 Å². The number of nitrogens with two attached hydrogens (primary N) is 1. The maximum absolute atomic E-state index is 5.53. The van der Waals surface area contributed by atoms with Gasteiger partial charge < -0.3 is 10.5 Å². The third kappa shape index (κ3) is 3.64. The first kappa shape index (κ1) is 12.3. The largest absolute Gasteiger partial charge is 0.424 e. The second-order valence-corrected chi connectivity index (χ2v) is 4.72. The van der Waals surface area contributed by atoms with E-state index in [-0.39, 0.29) is 0 Å². The Kier molecular flexibility index (Phi) is 4.27. The maximum atomic E-state index is 5.53. The lowest BCUT2D eigenvalue weighted by molar-refractivity contribution is 0.440. The van der Waals surface area contributed by atoms with Gasteiger partial charge in [0, 0.05) is 16.0 Å². The molecule has 0 atom stereocenters. The number of hydrogen-bond acceptors (Lipinski definition) is 4. The fourth-order valence-electron chi connectivity index (χ4n) is 1.33. The quantitative estimate of drug-likeness (QED) is 0.868. The molecule has 0 aliphatic heterocycles. The molecule has 0 radical (unpaired) electrons. The summed E-state index contributed by atoms with van der Waals surface area (Å²) in [7, 11) is 0. The minimum Gasteiger partial charge on any atom is -0.424 e. The smallest absolute Gasteiger partial charge is 0.321 e. The molecule has 1 heterocycles. The summed E-state index contributed by atoms with van der Waals surface area (Å²) in [6, 6.07) is 8.09. The lowest BCUT2D eigenvalue weighted by Crippen LogP contribution is -2.03. The summed E-state index contributed by atoms with van der Waals surface area (Å²) < 4.78 is 6.65. The van der Waals surface area contributed by atoms with E-state index < -0.39 is 0 Å². The minimum absolute atomic E-state index is 0.354. The predicted molar refractivity (Wildman–Crippen MR) is 74.0 cm³/mol. The molecule has 88 valence electrons. The van der Waals surface area contributed by atoms with Gasteiger partial charge in [-0.25, -0.2) is 9.97 Å². The number of aromatic nitrogens is 2.